The molecule has 3 fully saturated rings. The molecule has 1 aromatic rings. The van der Waals surface area contributed by atoms with Crippen LogP contribution in [0, 0.1) is 5.92 Å². The standard InChI is InChI=1S/C21H23Cl2NO5/c22-17-4-3-14(8-18(17)23)29-15-7-13-5-6-21(10-15,24(13)11-12-1-2-12)16(20(27)28)9-19(25)26/h3-4,8-9,12-13,15H,1-2,5-7,10-11H2,(H,25,26)(H,27,28)/b16-9-. The zero-order chi connectivity index (χ0) is 20.8. The zero-order valence-corrected chi connectivity index (χ0v) is 17.3. The fraction of sp³-hybridized carbons (Fsp3) is 0.524. The number of hydrogen-bond acceptors (Lipinski definition) is 4. The maximum atomic E-state index is 12.1. The Bertz CT molecular complexity index is 869. The minimum atomic E-state index is -1.24. The first-order valence-corrected chi connectivity index (χ1v) is 10.6. The molecule has 2 saturated heterocycles. The van der Waals surface area contributed by atoms with Crippen LogP contribution in [0.4, 0.5) is 0 Å². The van der Waals surface area contributed by atoms with Crippen LogP contribution in [0.25, 0.3) is 0 Å². The molecular weight excluding hydrogens is 417 g/mol. The van der Waals surface area contributed by atoms with E-state index in [1.807, 2.05) is 0 Å². The monoisotopic (exact) mass is 439 g/mol. The van der Waals surface area contributed by atoms with Crippen molar-refractivity contribution in [1.82, 2.24) is 4.90 Å². The minimum absolute atomic E-state index is 0.0458. The van der Waals surface area contributed by atoms with Gasteiger partial charge in [-0.1, -0.05) is 23.2 Å². The van der Waals surface area contributed by atoms with Crippen LogP contribution in [0.2, 0.25) is 10.0 Å². The van der Waals surface area contributed by atoms with E-state index in [-0.39, 0.29) is 17.7 Å². The summed E-state index contributed by atoms with van der Waals surface area (Å²) in [6.07, 6.45) is 5.59. The van der Waals surface area contributed by atoms with Crippen molar-refractivity contribution >= 4 is 35.1 Å². The minimum Gasteiger partial charge on any atom is -0.490 e. The Morgan fingerprint density at radius 2 is 1.97 bits per heavy atom. The van der Waals surface area contributed by atoms with Crippen molar-refractivity contribution < 1.29 is 24.5 Å². The maximum Gasteiger partial charge on any atom is 0.333 e. The number of ether oxygens (including phenoxy) is 1. The lowest BCUT2D eigenvalue weighted by atomic mass is 9.79. The van der Waals surface area contributed by atoms with Crippen molar-refractivity contribution in [3.8, 4) is 5.75 Å². The third-order valence-corrected chi connectivity index (χ3v) is 7.07. The van der Waals surface area contributed by atoms with Crippen molar-refractivity contribution in [3.05, 3.63) is 39.9 Å². The second kappa shape index (κ2) is 7.82. The lowest BCUT2D eigenvalue weighted by molar-refractivity contribution is -0.137. The van der Waals surface area contributed by atoms with E-state index in [0.29, 0.717) is 34.6 Å². The first-order valence-electron chi connectivity index (χ1n) is 9.85. The summed E-state index contributed by atoms with van der Waals surface area (Å²) in [7, 11) is 0. The van der Waals surface area contributed by atoms with Gasteiger partial charge in [-0.2, -0.15) is 0 Å². The fourth-order valence-electron chi connectivity index (χ4n) is 4.93. The highest BCUT2D eigenvalue weighted by atomic mass is 35.5. The quantitative estimate of drug-likeness (QED) is 0.617. The molecule has 0 spiro atoms. The van der Waals surface area contributed by atoms with E-state index in [9.17, 15) is 19.8 Å². The molecule has 1 aliphatic carbocycles. The van der Waals surface area contributed by atoms with Crippen LogP contribution >= 0.6 is 23.2 Å². The van der Waals surface area contributed by atoms with Gasteiger partial charge in [0.15, 0.2) is 0 Å². The summed E-state index contributed by atoms with van der Waals surface area (Å²) in [4.78, 5) is 25.7. The number of aliphatic carboxylic acids is 2. The number of hydrogen-bond donors (Lipinski definition) is 2. The van der Waals surface area contributed by atoms with Crippen molar-refractivity contribution in [2.24, 2.45) is 5.92 Å². The molecule has 4 rings (SSSR count). The number of piperidine rings is 1. The molecule has 2 bridgehead atoms. The number of carboxylic acids is 2. The third kappa shape index (κ3) is 4.11. The van der Waals surface area contributed by atoms with Gasteiger partial charge >= 0.3 is 11.9 Å². The summed E-state index contributed by atoms with van der Waals surface area (Å²) in [5, 5.41) is 20.0. The van der Waals surface area contributed by atoms with Gasteiger partial charge in [0.2, 0.25) is 0 Å². The molecule has 1 saturated carbocycles. The first-order chi connectivity index (χ1) is 13.8. The largest absolute Gasteiger partial charge is 0.490 e. The molecule has 0 aromatic heterocycles. The Hall–Kier alpha value is -1.76. The van der Waals surface area contributed by atoms with Crippen LogP contribution in [-0.4, -0.2) is 51.3 Å². The molecule has 3 atom stereocenters. The van der Waals surface area contributed by atoms with Crippen molar-refractivity contribution in [3.63, 3.8) is 0 Å². The summed E-state index contributed by atoms with van der Waals surface area (Å²) >= 11 is 12.1. The lowest BCUT2D eigenvalue weighted by Gasteiger charge is -2.48. The van der Waals surface area contributed by atoms with E-state index >= 15 is 0 Å². The molecule has 0 radical (unpaired) electrons. The van der Waals surface area contributed by atoms with Crippen LogP contribution in [-0.2, 0) is 9.59 Å². The SMILES string of the molecule is O=C(O)/C=C(/C(=O)O)C12CCC(CC(Oc3ccc(Cl)c(Cl)c3)C1)N2CC1CC1. The lowest BCUT2D eigenvalue weighted by Crippen LogP contribution is -2.58. The molecule has 2 N–H and O–H groups in total. The zero-order valence-electron chi connectivity index (χ0n) is 15.8. The van der Waals surface area contributed by atoms with Crippen LogP contribution < -0.4 is 4.74 Å². The highest BCUT2D eigenvalue weighted by molar-refractivity contribution is 6.42. The molecule has 0 amide bonds. The number of rotatable bonds is 7. The van der Waals surface area contributed by atoms with Crippen LogP contribution in [0.3, 0.4) is 0 Å². The van der Waals surface area contributed by atoms with Gasteiger partial charge in [-0.15, -0.1) is 0 Å². The van der Waals surface area contributed by atoms with E-state index in [1.54, 1.807) is 18.2 Å². The van der Waals surface area contributed by atoms with E-state index in [1.165, 1.54) is 0 Å². The molecule has 6 nitrogen and oxygen atoms in total. The summed E-state index contributed by atoms with van der Waals surface area (Å²) in [5.74, 6) is -1.26. The highest BCUT2D eigenvalue weighted by Gasteiger charge is 2.56. The van der Waals surface area contributed by atoms with Crippen LogP contribution in [0.5, 0.6) is 5.75 Å². The number of carboxylic acid groups (broad SMARTS) is 2. The average Bonchev–Trinajstić information content (AvgIpc) is 3.43. The molecule has 156 valence electrons. The Labute approximate surface area is 179 Å². The predicted octanol–water partition coefficient (Wildman–Crippen LogP) is 4.24. The van der Waals surface area contributed by atoms with E-state index in [4.69, 9.17) is 27.9 Å². The van der Waals surface area contributed by atoms with Gasteiger partial charge in [-0.3, -0.25) is 4.90 Å². The molecular formula is C21H23Cl2NO5. The Kier molecular flexibility index (Phi) is 5.53. The molecule has 1 aromatic carbocycles. The molecule has 3 unspecified atom stereocenters. The summed E-state index contributed by atoms with van der Waals surface area (Å²) in [5.41, 5.74) is -0.869. The second-order valence-corrected chi connectivity index (χ2v) is 9.09. The van der Waals surface area contributed by atoms with E-state index < -0.39 is 17.5 Å². The molecule has 2 aliphatic heterocycles. The van der Waals surface area contributed by atoms with Gasteiger partial charge in [-0.05, 0) is 50.2 Å². The van der Waals surface area contributed by atoms with Crippen molar-refractivity contribution in [2.75, 3.05) is 6.54 Å². The first kappa shape index (κ1) is 20.5. The van der Waals surface area contributed by atoms with Crippen molar-refractivity contribution in [1.29, 1.82) is 0 Å². The molecule has 29 heavy (non-hydrogen) atoms. The predicted molar refractivity (Wildman–Crippen MR) is 109 cm³/mol. The second-order valence-electron chi connectivity index (χ2n) is 8.28. The topological polar surface area (TPSA) is 87.1 Å². The number of halogens is 2. The Balaban J connectivity index is 1.65. The Morgan fingerprint density at radius 3 is 2.59 bits per heavy atom. The maximum absolute atomic E-state index is 12.1. The van der Waals surface area contributed by atoms with Gasteiger partial charge in [-0.25, -0.2) is 9.59 Å². The van der Waals surface area contributed by atoms with Crippen LogP contribution in [0.15, 0.2) is 29.8 Å². The average molecular weight is 440 g/mol. The third-order valence-electron chi connectivity index (χ3n) is 6.33. The van der Waals surface area contributed by atoms with Gasteiger partial charge in [0.25, 0.3) is 0 Å². The smallest absolute Gasteiger partial charge is 0.333 e. The normalized spacial score (nSPS) is 29.7. The molecule has 3 aliphatic rings. The number of fused-ring (bicyclic) bond motifs is 2. The number of benzene rings is 1. The molecule has 2 heterocycles. The van der Waals surface area contributed by atoms with E-state index in [2.05, 4.69) is 4.90 Å². The van der Waals surface area contributed by atoms with Crippen molar-refractivity contribution in [2.45, 2.75) is 56.2 Å². The summed E-state index contributed by atoms with van der Waals surface area (Å²) < 4.78 is 6.16. The fourth-order valence-corrected chi connectivity index (χ4v) is 5.22. The van der Waals surface area contributed by atoms with Gasteiger partial charge in [0, 0.05) is 31.1 Å². The van der Waals surface area contributed by atoms with Gasteiger partial charge in [0.05, 0.1) is 21.2 Å². The Morgan fingerprint density at radius 1 is 1.21 bits per heavy atom. The van der Waals surface area contributed by atoms with Crippen LogP contribution in [0.1, 0.15) is 38.5 Å². The van der Waals surface area contributed by atoms with E-state index in [0.717, 1.165) is 38.3 Å². The van der Waals surface area contributed by atoms with Gasteiger partial charge < -0.3 is 14.9 Å². The van der Waals surface area contributed by atoms with Gasteiger partial charge in [0.1, 0.15) is 11.9 Å². The summed E-state index contributed by atoms with van der Waals surface area (Å²) in [6, 6.07) is 5.23. The highest BCUT2D eigenvalue weighted by Crippen LogP contribution is 2.51. The molecule has 8 heteroatoms. The summed E-state index contributed by atoms with van der Waals surface area (Å²) in [6.45, 7) is 0.814. The number of carbonyl (C=O) groups is 2. The number of nitrogens with zero attached hydrogens (tertiary/aromatic N) is 1.